The largest absolute Gasteiger partial charge is 0.489 e. The zero-order valence-electron chi connectivity index (χ0n) is 15.6. The Hall–Kier alpha value is -3.08. The molecule has 0 radical (unpaired) electrons. The van der Waals surface area contributed by atoms with Crippen LogP contribution in [0.4, 0.5) is 5.69 Å². The van der Waals surface area contributed by atoms with E-state index in [0.717, 1.165) is 47.0 Å². The summed E-state index contributed by atoms with van der Waals surface area (Å²) in [7, 11) is 0. The summed E-state index contributed by atoms with van der Waals surface area (Å²) in [6.07, 6.45) is 1.31. The lowest BCUT2D eigenvalue weighted by molar-refractivity contribution is -0.117. The summed E-state index contributed by atoms with van der Waals surface area (Å²) in [6, 6.07) is 15.8. The molecular formula is C22H22N2O3. The van der Waals surface area contributed by atoms with Crippen LogP contribution >= 0.6 is 0 Å². The number of nitrogens with zero attached hydrogens (tertiary/aromatic N) is 2. The third-order valence-electron chi connectivity index (χ3n) is 5.03. The lowest BCUT2D eigenvalue weighted by atomic mass is 10.1. The van der Waals surface area contributed by atoms with Crippen molar-refractivity contribution < 1.29 is 14.1 Å². The molecule has 0 spiro atoms. The summed E-state index contributed by atoms with van der Waals surface area (Å²) < 4.78 is 11.0. The standard InChI is InChI=1S/C22H22N2O3/c1-15-20(16(2)27-23-15)14-26-19-9-7-17(8-10-19)13-22(25)24-12-11-18-5-3-4-6-21(18)24/h3-10H,11-14H2,1-2H3. The van der Waals surface area contributed by atoms with Crippen molar-refractivity contribution in [2.75, 3.05) is 11.4 Å². The minimum absolute atomic E-state index is 0.129. The van der Waals surface area contributed by atoms with Crippen molar-refractivity contribution in [2.24, 2.45) is 0 Å². The van der Waals surface area contributed by atoms with Crippen LogP contribution in [-0.2, 0) is 24.2 Å². The van der Waals surface area contributed by atoms with Gasteiger partial charge in [0, 0.05) is 12.2 Å². The molecule has 1 amide bonds. The molecule has 1 aliphatic heterocycles. The monoisotopic (exact) mass is 362 g/mol. The number of aryl methyl sites for hydroxylation is 2. The van der Waals surface area contributed by atoms with E-state index in [0.29, 0.717) is 13.0 Å². The fourth-order valence-corrected chi connectivity index (χ4v) is 3.43. The van der Waals surface area contributed by atoms with Crippen LogP contribution in [-0.4, -0.2) is 17.6 Å². The molecule has 0 aliphatic carbocycles. The zero-order chi connectivity index (χ0) is 18.8. The highest BCUT2D eigenvalue weighted by Crippen LogP contribution is 2.28. The molecule has 0 atom stereocenters. The Morgan fingerprint density at radius 1 is 1.15 bits per heavy atom. The molecule has 5 nitrogen and oxygen atoms in total. The maximum absolute atomic E-state index is 12.7. The molecular weight excluding hydrogens is 340 g/mol. The molecule has 0 unspecified atom stereocenters. The van der Waals surface area contributed by atoms with Gasteiger partial charge in [0.05, 0.1) is 17.7 Å². The molecule has 3 aromatic rings. The number of ether oxygens (including phenoxy) is 1. The Balaban J connectivity index is 1.37. The van der Waals surface area contributed by atoms with E-state index in [1.807, 2.05) is 61.2 Å². The van der Waals surface area contributed by atoms with E-state index in [1.165, 1.54) is 5.56 Å². The van der Waals surface area contributed by atoms with Gasteiger partial charge in [-0.25, -0.2) is 0 Å². The molecule has 0 bridgehead atoms. The number of hydrogen-bond donors (Lipinski definition) is 0. The van der Waals surface area contributed by atoms with E-state index in [2.05, 4.69) is 11.2 Å². The number of amides is 1. The lowest BCUT2D eigenvalue weighted by Crippen LogP contribution is -2.30. The molecule has 0 fully saturated rings. The molecule has 0 saturated heterocycles. The van der Waals surface area contributed by atoms with Gasteiger partial charge >= 0.3 is 0 Å². The first-order valence-electron chi connectivity index (χ1n) is 9.13. The van der Waals surface area contributed by atoms with E-state index in [1.54, 1.807) is 0 Å². The first kappa shape index (κ1) is 17.3. The fraction of sp³-hybridized carbons (Fsp3) is 0.273. The quantitative estimate of drug-likeness (QED) is 0.688. The normalized spacial score (nSPS) is 12.9. The van der Waals surface area contributed by atoms with Gasteiger partial charge in [-0.3, -0.25) is 4.79 Å². The van der Waals surface area contributed by atoms with E-state index in [4.69, 9.17) is 9.26 Å². The summed E-state index contributed by atoms with van der Waals surface area (Å²) in [5, 5.41) is 3.93. The van der Waals surface area contributed by atoms with Crippen molar-refractivity contribution in [3.05, 3.63) is 76.7 Å². The first-order valence-corrected chi connectivity index (χ1v) is 9.13. The van der Waals surface area contributed by atoms with E-state index in [9.17, 15) is 4.79 Å². The van der Waals surface area contributed by atoms with Gasteiger partial charge in [-0.05, 0) is 49.6 Å². The molecule has 2 aromatic carbocycles. The third kappa shape index (κ3) is 3.58. The van der Waals surface area contributed by atoms with Crippen molar-refractivity contribution in [3.63, 3.8) is 0 Å². The number of carbonyl (C=O) groups is 1. The highest BCUT2D eigenvalue weighted by molar-refractivity contribution is 5.96. The molecule has 1 aromatic heterocycles. The minimum atomic E-state index is 0.129. The average molecular weight is 362 g/mol. The van der Waals surface area contributed by atoms with Gasteiger partial charge in [0.25, 0.3) is 0 Å². The lowest BCUT2D eigenvalue weighted by Gasteiger charge is -2.17. The van der Waals surface area contributed by atoms with E-state index >= 15 is 0 Å². The van der Waals surface area contributed by atoms with Gasteiger partial charge in [-0.1, -0.05) is 35.5 Å². The van der Waals surface area contributed by atoms with Crippen molar-refractivity contribution in [2.45, 2.75) is 33.3 Å². The summed E-state index contributed by atoms with van der Waals surface area (Å²) >= 11 is 0. The summed E-state index contributed by atoms with van der Waals surface area (Å²) in [6.45, 7) is 4.96. The van der Waals surface area contributed by atoms with Gasteiger partial charge in [0.2, 0.25) is 5.91 Å². The Kier molecular flexibility index (Phi) is 4.67. The van der Waals surface area contributed by atoms with Crippen LogP contribution in [0.25, 0.3) is 0 Å². The third-order valence-corrected chi connectivity index (χ3v) is 5.03. The molecule has 0 N–H and O–H groups in total. The number of benzene rings is 2. The van der Waals surface area contributed by atoms with E-state index < -0.39 is 0 Å². The highest BCUT2D eigenvalue weighted by atomic mass is 16.5. The Morgan fingerprint density at radius 2 is 1.93 bits per heavy atom. The second-order valence-corrected chi connectivity index (χ2v) is 6.84. The number of aromatic nitrogens is 1. The van der Waals surface area contributed by atoms with Crippen molar-refractivity contribution in [1.29, 1.82) is 0 Å². The van der Waals surface area contributed by atoms with Gasteiger partial charge in [0.1, 0.15) is 18.1 Å². The molecule has 138 valence electrons. The highest BCUT2D eigenvalue weighted by Gasteiger charge is 2.23. The zero-order valence-corrected chi connectivity index (χ0v) is 15.6. The van der Waals surface area contributed by atoms with Crippen molar-refractivity contribution in [3.8, 4) is 5.75 Å². The van der Waals surface area contributed by atoms with Gasteiger partial charge in [-0.15, -0.1) is 0 Å². The Morgan fingerprint density at radius 3 is 2.67 bits per heavy atom. The Labute approximate surface area is 158 Å². The number of hydrogen-bond acceptors (Lipinski definition) is 4. The smallest absolute Gasteiger partial charge is 0.231 e. The maximum atomic E-state index is 12.7. The fourth-order valence-electron chi connectivity index (χ4n) is 3.43. The van der Waals surface area contributed by atoms with Crippen LogP contribution in [0.3, 0.4) is 0 Å². The number of para-hydroxylation sites is 1. The summed E-state index contributed by atoms with van der Waals surface area (Å²) in [5.41, 5.74) is 5.09. The minimum Gasteiger partial charge on any atom is -0.489 e. The Bertz CT molecular complexity index is 940. The number of fused-ring (bicyclic) bond motifs is 1. The SMILES string of the molecule is Cc1noc(C)c1COc1ccc(CC(=O)N2CCc3ccccc32)cc1. The van der Waals surface area contributed by atoms with E-state index in [-0.39, 0.29) is 5.91 Å². The number of carbonyl (C=O) groups excluding carboxylic acids is 1. The number of rotatable bonds is 5. The van der Waals surface area contributed by atoms with Gasteiger partial charge < -0.3 is 14.2 Å². The molecule has 4 rings (SSSR count). The maximum Gasteiger partial charge on any atom is 0.231 e. The van der Waals surface area contributed by atoms with Crippen LogP contribution in [0, 0.1) is 13.8 Å². The second-order valence-electron chi connectivity index (χ2n) is 6.84. The van der Waals surface area contributed by atoms with Gasteiger partial charge in [0.15, 0.2) is 0 Å². The predicted octanol–water partition coefficient (Wildman–Crippen LogP) is 4.00. The summed E-state index contributed by atoms with van der Waals surface area (Å²) in [4.78, 5) is 14.6. The van der Waals surface area contributed by atoms with Crippen LogP contribution in [0.2, 0.25) is 0 Å². The molecule has 2 heterocycles. The number of anilines is 1. The van der Waals surface area contributed by atoms with Crippen molar-refractivity contribution >= 4 is 11.6 Å². The van der Waals surface area contributed by atoms with Crippen LogP contribution in [0.15, 0.2) is 53.1 Å². The summed E-state index contributed by atoms with van der Waals surface area (Å²) in [5.74, 6) is 1.67. The van der Waals surface area contributed by atoms with Crippen LogP contribution in [0.5, 0.6) is 5.75 Å². The van der Waals surface area contributed by atoms with Gasteiger partial charge in [-0.2, -0.15) is 0 Å². The van der Waals surface area contributed by atoms with Crippen LogP contribution in [0.1, 0.15) is 28.1 Å². The first-order chi connectivity index (χ1) is 13.1. The molecule has 5 heteroatoms. The van der Waals surface area contributed by atoms with Crippen molar-refractivity contribution in [1.82, 2.24) is 5.16 Å². The molecule has 1 aliphatic rings. The predicted molar refractivity (Wildman–Crippen MR) is 103 cm³/mol. The second kappa shape index (κ2) is 7.27. The van der Waals surface area contributed by atoms with Crippen LogP contribution < -0.4 is 9.64 Å². The molecule has 27 heavy (non-hydrogen) atoms. The average Bonchev–Trinajstić information content (AvgIpc) is 3.25. The molecule has 0 saturated carbocycles. The topological polar surface area (TPSA) is 55.6 Å².